The lowest BCUT2D eigenvalue weighted by molar-refractivity contribution is -0.119. The van der Waals surface area contributed by atoms with Crippen LogP contribution in [0.3, 0.4) is 0 Å². The van der Waals surface area contributed by atoms with Crippen molar-refractivity contribution in [2.75, 3.05) is 0 Å². The molecule has 0 rings (SSSR count). The van der Waals surface area contributed by atoms with Crippen molar-refractivity contribution in [1.29, 1.82) is 5.26 Å². The van der Waals surface area contributed by atoms with Gasteiger partial charge in [-0.2, -0.15) is 5.26 Å². The van der Waals surface area contributed by atoms with Crippen LogP contribution in [0.2, 0.25) is 0 Å². The summed E-state index contributed by atoms with van der Waals surface area (Å²) in [4.78, 5) is 24.0. The van der Waals surface area contributed by atoms with E-state index in [0.717, 1.165) is 12.0 Å². The number of nitriles is 1. The molecule has 0 radical (unpaired) electrons. The molecule has 0 aliphatic heterocycles. The summed E-state index contributed by atoms with van der Waals surface area (Å²) in [7, 11) is 0. The third kappa shape index (κ3) is 5.46. The van der Waals surface area contributed by atoms with E-state index in [-0.39, 0.29) is 34.9 Å². The molecule has 0 spiro atoms. The summed E-state index contributed by atoms with van der Waals surface area (Å²) in [6, 6.07) is 1.98. The molecule has 23 heavy (non-hydrogen) atoms. The molecule has 0 aromatic carbocycles. The Morgan fingerprint density at radius 2 is 1.70 bits per heavy atom. The Morgan fingerprint density at radius 1 is 1.17 bits per heavy atom. The number of rotatable bonds is 8. The van der Waals surface area contributed by atoms with Gasteiger partial charge in [0.1, 0.15) is 6.07 Å². The quantitative estimate of drug-likeness (QED) is 0.473. The summed E-state index contributed by atoms with van der Waals surface area (Å²) < 4.78 is 0. The zero-order chi connectivity index (χ0) is 18.4. The third-order valence-corrected chi connectivity index (χ3v) is 5.24. The summed E-state index contributed by atoms with van der Waals surface area (Å²) in [6.07, 6.45) is 4.33. The lowest BCUT2D eigenvalue weighted by Gasteiger charge is -2.34. The second kappa shape index (κ2) is 8.82. The van der Waals surface area contributed by atoms with Gasteiger partial charge in [-0.3, -0.25) is 9.59 Å². The van der Waals surface area contributed by atoms with Gasteiger partial charge in [0.05, 0.1) is 5.57 Å². The molecule has 0 bridgehead atoms. The Morgan fingerprint density at radius 3 is 2.04 bits per heavy atom. The molecule has 0 aliphatic rings. The Bertz CT molecular complexity index is 548. The lowest BCUT2D eigenvalue weighted by Crippen LogP contribution is -2.27. The minimum Gasteiger partial charge on any atom is -0.295 e. The molecule has 1 unspecified atom stereocenters. The fourth-order valence-electron chi connectivity index (χ4n) is 2.41. The van der Waals surface area contributed by atoms with Gasteiger partial charge in [-0.25, -0.2) is 0 Å². The molecule has 128 valence electrons. The van der Waals surface area contributed by atoms with Gasteiger partial charge in [0.25, 0.3) is 0 Å². The molecule has 0 heterocycles. The molecular weight excluding hydrogens is 286 g/mol. The lowest BCUT2D eigenvalue weighted by atomic mass is 9.69. The van der Waals surface area contributed by atoms with Crippen LogP contribution in [0, 0.1) is 34.5 Å². The number of hydrogen-bond donors (Lipinski definition) is 0. The summed E-state index contributed by atoms with van der Waals surface area (Å²) in [5.41, 5.74) is 0.570. The number of carbonyl (C=O) groups excluding carboxylic acids is 2. The normalized spacial score (nSPS) is 18.1. The number of carbonyl (C=O) groups is 2. The van der Waals surface area contributed by atoms with Crippen molar-refractivity contribution in [2.24, 2.45) is 23.2 Å². The molecule has 3 atom stereocenters. The summed E-state index contributed by atoms with van der Waals surface area (Å²) in [5, 5.41) is 9.21. The first-order chi connectivity index (χ1) is 10.5. The second-order valence-corrected chi connectivity index (χ2v) is 7.08. The van der Waals surface area contributed by atoms with E-state index >= 15 is 0 Å². The average molecular weight is 317 g/mol. The maximum absolute atomic E-state index is 12.4. The third-order valence-electron chi connectivity index (χ3n) is 5.24. The summed E-state index contributed by atoms with van der Waals surface area (Å²) in [6.45, 7) is 15.5. The maximum atomic E-state index is 12.4. The molecule has 0 N–H and O–H groups in total. The minimum atomic E-state index is -0.488. The Labute approximate surface area is 141 Å². The van der Waals surface area contributed by atoms with Gasteiger partial charge in [-0.05, 0) is 31.8 Å². The van der Waals surface area contributed by atoms with Crippen molar-refractivity contribution < 1.29 is 9.59 Å². The predicted molar refractivity (Wildman–Crippen MR) is 94.7 cm³/mol. The highest BCUT2D eigenvalue weighted by atomic mass is 16.1. The van der Waals surface area contributed by atoms with Gasteiger partial charge in [0.15, 0.2) is 11.6 Å². The van der Waals surface area contributed by atoms with E-state index in [1.165, 1.54) is 6.92 Å². The van der Waals surface area contributed by atoms with Crippen LogP contribution < -0.4 is 0 Å². The molecule has 0 aliphatic carbocycles. The van der Waals surface area contributed by atoms with Crippen molar-refractivity contribution >= 4 is 11.6 Å². The fraction of sp³-hybridized carbons (Fsp3) is 0.650. The van der Waals surface area contributed by atoms with Crippen molar-refractivity contribution in [3.8, 4) is 6.07 Å². The molecule has 3 heteroatoms. The number of Topliss-reactive ketones (excluding diaryl/α,β-unsaturated/α-hetero) is 1. The van der Waals surface area contributed by atoms with E-state index in [4.69, 9.17) is 0 Å². The Balaban J connectivity index is 5.96. The summed E-state index contributed by atoms with van der Waals surface area (Å²) >= 11 is 0. The fourth-order valence-corrected chi connectivity index (χ4v) is 2.41. The number of hydrogen-bond acceptors (Lipinski definition) is 3. The molecule has 0 saturated carbocycles. The highest BCUT2D eigenvalue weighted by Gasteiger charge is 2.32. The van der Waals surface area contributed by atoms with Gasteiger partial charge in [-0.1, -0.05) is 59.6 Å². The van der Waals surface area contributed by atoms with E-state index in [1.807, 2.05) is 40.7 Å². The first kappa shape index (κ1) is 21.3. The van der Waals surface area contributed by atoms with E-state index in [9.17, 15) is 14.9 Å². The van der Waals surface area contributed by atoms with Crippen LogP contribution in [0.4, 0.5) is 0 Å². The number of nitrogens with zero attached hydrogens (tertiary/aromatic N) is 1. The number of allylic oxidation sites excluding steroid dienone is 4. The molecular formula is C20H31NO2. The smallest absolute Gasteiger partial charge is 0.170 e. The zero-order valence-electron chi connectivity index (χ0n) is 15.9. The number of ketones is 2. The molecule has 0 saturated heterocycles. The zero-order valence-corrected chi connectivity index (χ0v) is 15.9. The second-order valence-electron chi connectivity index (χ2n) is 7.08. The van der Waals surface area contributed by atoms with Gasteiger partial charge < -0.3 is 0 Å². The minimum absolute atomic E-state index is 0.0432. The van der Waals surface area contributed by atoms with Crippen molar-refractivity contribution in [3.05, 3.63) is 23.3 Å². The van der Waals surface area contributed by atoms with Crippen molar-refractivity contribution in [3.63, 3.8) is 0 Å². The van der Waals surface area contributed by atoms with Crippen LogP contribution in [0.15, 0.2) is 23.3 Å². The largest absolute Gasteiger partial charge is 0.295 e. The van der Waals surface area contributed by atoms with Crippen molar-refractivity contribution in [1.82, 2.24) is 0 Å². The first-order valence-electron chi connectivity index (χ1n) is 8.37. The van der Waals surface area contributed by atoms with Crippen LogP contribution in [0.1, 0.15) is 61.8 Å². The highest BCUT2D eigenvalue weighted by Crippen LogP contribution is 2.40. The van der Waals surface area contributed by atoms with E-state index in [0.29, 0.717) is 0 Å². The summed E-state index contributed by atoms with van der Waals surface area (Å²) in [5.74, 6) is 0.310. The Hall–Kier alpha value is -1.69. The SMILES string of the molecule is CCC(C)[C@](C)(/C=C(/C#N)C(C)=O)/C(C)=C/C(=O)[C@@H](C)C(C)C. The predicted octanol–water partition coefficient (Wildman–Crippen LogP) is 4.89. The monoisotopic (exact) mass is 317 g/mol. The standard InChI is InChI=1S/C20H31NO2/c1-9-14(4)20(8,11-18(12-21)17(7)22)15(5)10-19(23)16(6)13(2)3/h10-11,13-14,16H,9H2,1-8H3/b15-10+,18-11-/t14?,16-,20-/m0/s1. The van der Waals surface area contributed by atoms with E-state index in [1.54, 1.807) is 12.2 Å². The van der Waals surface area contributed by atoms with Crippen LogP contribution >= 0.6 is 0 Å². The van der Waals surface area contributed by atoms with E-state index < -0.39 is 5.41 Å². The molecule has 0 fully saturated rings. The highest BCUT2D eigenvalue weighted by molar-refractivity contribution is 5.97. The van der Waals surface area contributed by atoms with Crippen LogP contribution in [0.5, 0.6) is 0 Å². The van der Waals surface area contributed by atoms with E-state index in [2.05, 4.69) is 13.8 Å². The maximum Gasteiger partial charge on any atom is 0.170 e. The topological polar surface area (TPSA) is 57.9 Å². The van der Waals surface area contributed by atoms with Crippen LogP contribution in [-0.4, -0.2) is 11.6 Å². The molecule has 0 aromatic heterocycles. The van der Waals surface area contributed by atoms with Crippen molar-refractivity contribution in [2.45, 2.75) is 61.8 Å². The molecule has 0 amide bonds. The van der Waals surface area contributed by atoms with Gasteiger partial charge in [0, 0.05) is 11.3 Å². The van der Waals surface area contributed by atoms with Gasteiger partial charge in [0.2, 0.25) is 0 Å². The Kier molecular flexibility index (Phi) is 8.17. The molecule has 3 nitrogen and oxygen atoms in total. The van der Waals surface area contributed by atoms with Crippen LogP contribution in [-0.2, 0) is 9.59 Å². The molecule has 0 aromatic rings. The van der Waals surface area contributed by atoms with Gasteiger partial charge >= 0.3 is 0 Å². The first-order valence-corrected chi connectivity index (χ1v) is 8.37. The average Bonchev–Trinajstić information content (AvgIpc) is 2.49. The van der Waals surface area contributed by atoms with Crippen LogP contribution in [0.25, 0.3) is 0 Å². The van der Waals surface area contributed by atoms with Gasteiger partial charge in [-0.15, -0.1) is 0 Å².